The summed E-state index contributed by atoms with van der Waals surface area (Å²) < 4.78 is 11.0. The van der Waals surface area contributed by atoms with Gasteiger partial charge in [0.25, 0.3) is 5.91 Å². The largest absolute Gasteiger partial charge is 0.486 e. The van der Waals surface area contributed by atoms with Crippen molar-refractivity contribution in [3.8, 4) is 11.5 Å². The molecule has 0 saturated carbocycles. The van der Waals surface area contributed by atoms with Gasteiger partial charge in [-0.2, -0.15) is 0 Å². The second-order valence-corrected chi connectivity index (χ2v) is 6.31. The summed E-state index contributed by atoms with van der Waals surface area (Å²) in [4.78, 5) is 25.0. The van der Waals surface area contributed by atoms with E-state index in [9.17, 15) is 9.59 Å². The fourth-order valence-corrected chi connectivity index (χ4v) is 2.76. The van der Waals surface area contributed by atoms with Gasteiger partial charge in [0.15, 0.2) is 11.5 Å². The van der Waals surface area contributed by atoms with E-state index in [0.29, 0.717) is 48.2 Å². The maximum absolute atomic E-state index is 12.7. The summed E-state index contributed by atoms with van der Waals surface area (Å²) in [5.74, 6) is 0.573. The Labute approximate surface area is 170 Å². The zero-order chi connectivity index (χ0) is 19.2. The van der Waals surface area contributed by atoms with E-state index in [2.05, 4.69) is 16.0 Å². The minimum absolute atomic E-state index is 0. The van der Waals surface area contributed by atoms with Crippen molar-refractivity contribution < 1.29 is 19.1 Å². The lowest BCUT2D eigenvalue weighted by Gasteiger charge is -2.19. The van der Waals surface area contributed by atoms with Gasteiger partial charge in [0.1, 0.15) is 13.2 Å². The predicted molar refractivity (Wildman–Crippen MR) is 111 cm³/mol. The topological polar surface area (TPSA) is 88.7 Å². The van der Waals surface area contributed by atoms with Crippen LogP contribution < -0.4 is 25.4 Å². The Bertz CT molecular complexity index is 844. The number of para-hydroxylation sites is 1. The molecule has 1 unspecified atom stereocenters. The Kier molecular flexibility index (Phi) is 7.66. The lowest BCUT2D eigenvalue weighted by Crippen LogP contribution is -2.29. The Balaban J connectivity index is 0.00000280. The van der Waals surface area contributed by atoms with E-state index in [1.165, 1.54) is 0 Å². The van der Waals surface area contributed by atoms with E-state index >= 15 is 0 Å². The van der Waals surface area contributed by atoms with E-state index in [1.807, 2.05) is 6.92 Å². The molecule has 1 aliphatic rings. The van der Waals surface area contributed by atoms with Crippen molar-refractivity contribution in [3.63, 3.8) is 0 Å². The molecule has 0 aliphatic carbocycles. The number of halogens is 1. The Morgan fingerprint density at radius 1 is 1.04 bits per heavy atom. The van der Waals surface area contributed by atoms with Crippen LogP contribution in [0.3, 0.4) is 0 Å². The summed E-state index contributed by atoms with van der Waals surface area (Å²) in [6.45, 7) is 3.36. The second-order valence-electron chi connectivity index (χ2n) is 6.31. The van der Waals surface area contributed by atoms with Gasteiger partial charge in [-0.15, -0.1) is 12.4 Å². The lowest BCUT2D eigenvalue weighted by atomic mass is 10.1. The third-order valence-corrected chi connectivity index (χ3v) is 4.19. The van der Waals surface area contributed by atoms with Crippen LogP contribution in [0.15, 0.2) is 42.5 Å². The highest BCUT2D eigenvalue weighted by Gasteiger charge is 2.18. The standard InChI is InChI=1S/C20H23N3O4.ClH/c1-13(12-21-2)19(24)23-16-6-4-3-5-15(16)20(25)22-14-7-8-17-18(11-14)27-10-9-26-17;/h3-8,11,13,21H,9-10,12H2,1-2H3,(H,22,25)(H,23,24);1H. The molecule has 8 heteroatoms. The number of anilines is 2. The van der Waals surface area contributed by atoms with Gasteiger partial charge in [-0.05, 0) is 31.3 Å². The maximum Gasteiger partial charge on any atom is 0.257 e. The number of carbonyl (C=O) groups excluding carboxylic acids is 2. The van der Waals surface area contributed by atoms with Crippen molar-refractivity contribution in [1.82, 2.24) is 5.32 Å². The van der Waals surface area contributed by atoms with Crippen LogP contribution in [0.5, 0.6) is 11.5 Å². The first-order chi connectivity index (χ1) is 13.1. The monoisotopic (exact) mass is 405 g/mol. The van der Waals surface area contributed by atoms with Crippen molar-refractivity contribution in [3.05, 3.63) is 48.0 Å². The van der Waals surface area contributed by atoms with E-state index < -0.39 is 0 Å². The van der Waals surface area contributed by atoms with Gasteiger partial charge in [0, 0.05) is 24.2 Å². The predicted octanol–water partition coefficient (Wildman–Crippen LogP) is 2.93. The number of hydrogen-bond acceptors (Lipinski definition) is 5. The molecule has 2 aromatic rings. The molecule has 3 rings (SSSR count). The first kappa shape index (κ1) is 21.5. The number of fused-ring (bicyclic) bond motifs is 1. The molecule has 0 spiro atoms. The number of ether oxygens (including phenoxy) is 2. The molecule has 0 bridgehead atoms. The third kappa shape index (κ3) is 5.15. The summed E-state index contributed by atoms with van der Waals surface area (Å²) in [5, 5.41) is 8.63. The normalized spacial score (nSPS) is 13.1. The highest BCUT2D eigenvalue weighted by molar-refractivity contribution is 6.10. The van der Waals surface area contributed by atoms with Crippen LogP contribution in [0.25, 0.3) is 0 Å². The van der Waals surface area contributed by atoms with Crippen LogP contribution in [-0.2, 0) is 4.79 Å². The quantitative estimate of drug-likeness (QED) is 0.687. The Morgan fingerprint density at radius 2 is 1.75 bits per heavy atom. The first-order valence-corrected chi connectivity index (χ1v) is 8.84. The molecule has 0 saturated heterocycles. The highest BCUT2D eigenvalue weighted by Crippen LogP contribution is 2.32. The molecular formula is C20H24ClN3O4. The van der Waals surface area contributed by atoms with Crippen LogP contribution in [0.1, 0.15) is 17.3 Å². The van der Waals surface area contributed by atoms with Gasteiger partial charge in [0.2, 0.25) is 5.91 Å². The molecule has 0 radical (unpaired) electrons. The van der Waals surface area contributed by atoms with E-state index in [-0.39, 0.29) is 30.1 Å². The number of benzene rings is 2. The van der Waals surface area contributed by atoms with Crippen LogP contribution in [0, 0.1) is 5.92 Å². The van der Waals surface area contributed by atoms with Crippen LogP contribution >= 0.6 is 12.4 Å². The molecule has 2 aromatic carbocycles. The van der Waals surface area contributed by atoms with Gasteiger partial charge in [-0.3, -0.25) is 9.59 Å². The van der Waals surface area contributed by atoms with Crippen molar-refractivity contribution >= 4 is 35.6 Å². The molecule has 150 valence electrons. The van der Waals surface area contributed by atoms with Gasteiger partial charge in [-0.25, -0.2) is 0 Å². The van der Waals surface area contributed by atoms with Gasteiger partial charge in [0.05, 0.1) is 11.3 Å². The zero-order valence-electron chi connectivity index (χ0n) is 15.8. The highest BCUT2D eigenvalue weighted by atomic mass is 35.5. The molecule has 1 heterocycles. The van der Waals surface area contributed by atoms with Crippen molar-refractivity contribution in [2.45, 2.75) is 6.92 Å². The van der Waals surface area contributed by atoms with Gasteiger partial charge in [-0.1, -0.05) is 19.1 Å². The Hall–Kier alpha value is -2.77. The SMILES string of the molecule is CNCC(C)C(=O)Nc1ccccc1C(=O)Nc1ccc2c(c1)OCCO2.Cl. The van der Waals surface area contributed by atoms with Crippen LogP contribution in [0.2, 0.25) is 0 Å². The molecule has 1 atom stereocenters. The van der Waals surface area contributed by atoms with E-state index in [1.54, 1.807) is 49.5 Å². The maximum atomic E-state index is 12.7. The minimum atomic E-state index is -0.316. The van der Waals surface area contributed by atoms with Crippen LogP contribution in [-0.4, -0.2) is 38.6 Å². The van der Waals surface area contributed by atoms with Crippen molar-refractivity contribution in [2.24, 2.45) is 5.92 Å². The Morgan fingerprint density at radius 3 is 2.50 bits per heavy atom. The smallest absolute Gasteiger partial charge is 0.257 e. The summed E-state index contributed by atoms with van der Waals surface area (Å²) >= 11 is 0. The molecule has 7 nitrogen and oxygen atoms in total. The van der Waals surface area contributed by atoms with Crippen molar-refractivity contribution in [1.29, 1.82) is 0 Å². The average Bonchev–Trinajstić information content (AvgIpc) is 2.68. The molecule has 0 fully saturated rings. The molecule has 1 aliphatic heterocycles. The van der Waals surface area contributed by atoms with Crippen molar-refractivity contribution in [2.75, 3.05) is 37.4 Å². The summed E-state index contributed by atoms with van der Waals surface area (Å²) in [7, 11) is 1.79. The number of rotatable bonds is 6. The van der Waals surface area contributed by atoms with E-state index in [4.69, 9.17) is 9.47 Å². The summed E-state index contributed by atoms with van der Waals surface area (Å²) in [5.41, 5.74) is 1.45. The zero-order valence-corrected chi connectivity index (χ0v) is 16.6. The second kappa shape index (κ2) is 9.96. The van der Waals surface area contributed by atoms with Gasteiger partial charge < -0.3 is 25.4 Å². The lowest BCUT2D eigenvalue weighted by molar-refractivity contribution is -0.119. The molecule has 28 heavy (non-hydrogen) atoms. The average molecular weight is 406 g/mol. The third-order valence-electron chi connectivity index (χ3n) is 4.19. The summed E-state index contributed by atoms with van der Waals surface area (Å²) in [6.07, 6.45) is 0. The van der Waals surface area contributed by atoms with Gasteiger partial charge >= 0.3 is 0 Å². The molecule has 3 N–H and O–H groups in total. The summed E-state index contributed by atoms with van der Waals surface area (Å²) in [6, 6.07) is 12.2. The number of amides is 2. The fourth-order valence-electron chi connectivity index (χ4n) is 2.76. The fraction of sp³-hybridized carbons (Fsp3) is 0.300. The van der Waals surface area contributed by atoms with Crippen LogP contribution in [0.4, 0.5) is 11.4 Å². The van der Waals surface area contributed by atoms with E-state index in [0.717, 1.165) is 0 Å². The first-order valence-electron chi connectivity index (χ1n) is 8.84. The molecule has 0 aromatic heterocycles. The molecule has 2 amide bonds. The number of carbonyl (C=O) groups is 2. The number of hydrogen-bond donors (Lipinski definition) is 3. The molecular weight excluding hydrogens is 382 g/mol. The number of nitrogens with one attached hydrogen (secondary N) is 3. The minimum Gasteiger partial charge on any atom is -0.486 e.